The average molecular weight is 443 g/mol. The van der Waals surface area contributed by atoms with Gasteiger partial charge in [0, 0.05) is 11.1 Å². The van der Waals surface area contributed by atoms with Crippen LogP contribution in [0.3, 0.4) is 0 Å². The van der Waals surface area contributed by atoms with Crippen molar-refractivity contribution in [3.8, 4) is 5.75 Å². The van der Waals surface area contributed by atoms with Crippen LogP contribution in [0.1, 0.15) is 16.8 Å². The van der Waals surface area contributed by atoms with Gasteiger partial charge in [0.15, 0.2) is 5.75 Å². The van der Waals surface area contributed by atoms with E-state index in [1.165, 1.54) is 6.92 Å². The van der Waals surface area contributed by atoms with Gasteiger partial charge >= 0.3 is 25.6 Å². The first-order valence-corrected chi connectivity index (χ1v) is 10.2. The smallest absolute Gasteiger partial charge is 0.377 e. The molecule has 0 fully saturated rings. The van der Waals surface area contributed by atoms with E-state index in [0.29, 0.717) is 0 Å². The minimum atomic E-state index is -6.15. The van der Waals surface area contributed by atoms with Crippen molar-refractivity contribution in [3.63, 3.8) is 0 Å². The Kier molecular flexibility index (Phi) is 5.38. The van der Waals surface area contributed by atoms with E-state index in [0.717, 1.165) is 38.1 Å². The standard InChI is InChI=1S/C15H13F4NO6S2/c1-8-9(2)14(21)20(28(24,25)15(17,18)19)10(3)13(8)26-27(22,23)12-6-4-11(16)5-7-12/h4-7H,1-3H3. The van der Waals surface area contributed by atoms with Gasteiger partial charge in [-0.05, 0) is 45.0 Å². The van der Waals surface area contributed by atoms with Gasteiger partial charge in [0.2, 0.25) is 0 Å². The monoisotopic (exact) mass is 443 g/mol. The van der Waals surface area contributed by atoms with Crippen molar-refractivity contribution >= 4 is 20.1 Å². The van der Waals surface area contributed by atoms with Crippen molar-refractivity contribution in [1.82, 2.24) is 3.97 Å². The van der Waals surface area contributed by atoms with Crippen LogP contribution < -0.4 is 9.74 Å². The van der Waals surface area contributed by atoms with Crippen LogP contribution in [0.5, 0.6) is 5.75 Å². The number of rotatable bonds is 4. The maximum absolute atomic E-state index is 13.0. The summed E-state index contributed by atoms with van der Waals surface area (Å²) in [5.74, 6) is -1.50. The molecule has 13 heteroatoms. The number of hydrogen-bond donors (Lipinski definition) is 0. The molecule has 0 unspecified atom stereocenters. The average Bonchev–Trinajstić information content (AvgIpc) is 2.56. The number of hydrogen-bond acceptors (Lipinski definition) is 6. The molecule has 0 atom stereocenters. The number of benzene rings is 1. The van der Waals surface area contributed by atoms with Crippen molar-refractivity contribution in [3.05, 3.63) is 57.3 Å². The molecule has 0 spiro atoms. The summed E-state index contributed by atoms with van der Waals surface area (Å²) in [7, 11) is -10.8. The summed E-state index contributed by atoms with van der Waals surface area (Å²) in [5, 5.41) is 0. The molecule has 0 amide bonds. The Labute approximate surface area is 157 Å². The predicted molar refractivity (Wildman–Crippen MR) is 89.5 cm³/mol. The van der Waals surface area contributed by atoms with Gasteiger partial charge in [-0.25, -0.2) is 4.39 Å². The number of aromatic nitrogens is 1. The van der Waals surface area contributed by atoms with Crippen LogP contribution in [0.25, 0.3) is 0 Å². The normalized spacial score (nSPS) is 12.8. The van der Waals surface area contributed by atoms with E-state index in [4.69, 9.17) is 4.18 Å². The first kappa shape index (κ1) is 21.9. The quantitative estimate of drug-likeness (QED) is 0.532. The Hall–Kier alpha value is -2.41. The Morgan fingerprint density at radius 3 is 1.89 bits per heavy atom. The van der Waals surface area contributed by atoms with Crippen LogP contribution in [-0.4, -0.2) is 26.3 Å². The Bertz CT molecular complexity index is 1200. The van der Waals surface area contributed by atoms with Crippen LogP contribution in [0.15, 0.2) is 34.0 Å². The lowest BCUT2D eigenvalue weighted by Crippen LogP contribution is -2.40. The molecule has 154 valence electrons. The molecular formula is C15H13F4NO6S2. The fourth-order valence-electron chi connectivity index (χ4n) is 2.27. The number of pyridine rings is 1. The van der Waals surface area contributed by atoms with Crippen molar-refractivity contribution in [1.29, 1.82) is 0 Å². The zero-order valence-corrected chi connectivity index (χ0v) is 16.2. The Balaban J connectivity index is 2.77. The Morgan fingerprint density at radius 1 is 0.929 bits per heavy atom. The van der Waals surface area contributed by atoms with Crippen LogP contribution >= 0.6 is 0 Å². The van der Waals surface area contributed by atoms with Gasteiger partial charge in [0.05, 0.1) is 5.69 Å². The summed E-state index contributed by atoms with van der Waals surface area (Å²) < 4.78 is 104. The third kappa shape index (κ3) is 3.63. The van der Waals surface area contributed by atoms with Gasteiger partial charge in [-0.3, -0.25) is 4.79 Å². The summed E-state index contributed by atoms with van der Waals surface area (Å²) in [5.41, 5.74) is -8.80. The minimum Gasteiger partial charge on any atom is -0.377 e. The van der Waals surface area contributed by atoms with E-state index in [2.05, 4.69) is 0 Å². The molecule has 2 rings (SSSR count). The molecule has 28 heavy (non-hydrogen) atoms. The molecule has 0 aliphatic heterocycles. The molecular weight excluding hydrogens is 430 g/mol. The van der Waals surface area contributed by atoms with E-state index >= 15 is 0 Å². The van der Waals surface area contributed by atoms with Crippen molar-refractivity contribution < 1.29 is 38.6 Å². The van der Waals surface area contributed by atoms with Gasteiger partial charge < -0.3 is 4.18 Å². The molecule has 2 aromatic rings. The van der Waals surface area contributed by atoms with Crippen molar-refractivity contribution in [2.75, 3.05) is 0 Å². The zero-order chi connectivity index (χ0) is 21.7. The molecule has 0 radical (unpaired) electrons. The summed E-state index contributed by atoms with van der Waals surface area (Å²) >= 11 is 0. The summed E-state index contributed by atoms with van der Waals surface area (Å²) in [6.07, 6.45) is 0. The molecule has 1 aromatic heterocycles. The SMILES string of the molecule is Cc1c(OS(=O)(=O)c2ccc(F)cc2)c(C)n(S(=O)(=O)C(F)(F)F)c(=O)c1C. The van der Waals surface area contributed by atoms with Gasteiger partial charge in [0.1, 0.15) is 10.7 Å². The van der Waals surface area contributed by atoms with Crippen LogP contribution in [0.2, 0.25) is 0 Å². The molecule has 0 N–H and O–H groups in total. The first-order chi connectivity index (χ1) is 12.6. The Morgan fingerprint density at radius 2 is 1.43 bits per heavy atom. The van der Waals surface area contributed by atoms with E-state index in [-0.39, 0.29) is 5.56 Å². The lowest BCUT2D eigenvalue weighted by Gasteiger charge is -2.19. The maximum Gasteiger partial charge on any atom is 0.517 e. The summed E-state index contributed by atoms with van der Waals surface area (Å²) in [6, 6.07) is 3.34. The van der Waals surface area contributed by atoms with Crippen molar-refractivity contribution in [2.24, 2.45) is 0 Å². The second-order valence-electron chi connectivity index (χ2n) is 5.68. The van der Waals surface area contributed by atoms with Crippen molar-refractivity contribution in [2.45, 2.75) is 31.2 Å². The molecule has 7 nitrogen and oxygen atoms in total. The third-order valence-corrected chi connectivity index (χ3v) is 6.61. The van der Waals surface area contributed by atoms with E-state index in [1.807, 2.05) is 0 Å². The highest BCUT2D eigenvalue weighted by atomic mass is 32.2. The van der Waals surface area contributed by atoms with E-state index in [9.17, 15) is 39.2 Å². The maximum atomic E-state index is 13.0. The molecule has 0 saturated heterocycles. The number of nitrogens with zero attached hydrogens (tertiary/aromatic N) is 1. The highest BCUT2D eigenvalue weighted by Crippen LogP contribution is 2.32. The van der Waals surface area contributed by atoms with E-state index in [1.54, 1.807) is 0 Å². The largest absolute Gasteiger partial charge is 0.517 e. The van der Waals surface area contributed by atoms with Gasteiger partial charge in [-0.15, -0.1) is 0 Å². The lowest BCUT2D eigenvalue weighted by atomic mass is 10.1. The second-order valence-corrected chi connectivity index (χ2v) is 9.00. The van der Waals surface area contributed by atoms with E-state index < -0.39 is 62.9 Å². The molecule has 0 aliphatic rings. The van der Waals surface area contributed by atoms with Crippen LogP contribution in [0, 0.1) is 26.6 Å². The minimum absolute atomic E-state index is 0.165. The number of alkyl halides is 3. The molecule has 1 heterocycles. The zero-order valence-electron chi connectivity index (χ0n) is 14.5. The molecule has 0 saturated carbocycles. The third-order valence-electron chi connectivity index (χ3n) is 3.87. The summed E-state index contributed by atoms with van der Waals surface area (Å²) in [6.45, 7) is 3.01. The number of halogens is 4. The molecule has 0 bridgehead atoms. The topological polar surface area (TPSA) is 99.5 Å². The molecule has 1 aromatic carbocycles. The second kappa shape index (κ2) is 6.88. The first-order valence-electron chi connectivity index (χ1n) is 7.36. The predicted octanol–water partition coefficient (Wildman–Crippen LogP) is 2.38. The fourth-order valence-corrected chi connectivity index (χ4v) is 4.31. The van der Waals surface area contributed by atoms with Crippen LogP contribution in [-0.2, 0) is 20.1 Å². The van der Waals surface area contributed by atoms with Crippen LogP contribution in [0.4, 0.5) is 17.6 Å². The highest BCUT2D eigenvalue weighted by molar-refractivity contribution is 7.90. The summed E-state index contributed by atoms with van der Waals surface area (Å²) in [4.78, 5) is 11.6. The lowest BCUT2D eigenvalue weighted by molar-refractivity contribution is -0.0447. The van der Waals surface area contributed by atoms with Gasteiger partial charge in [-0.2, -0.15) is 34.0 Å². The fraction of sp³-hybridized carbons (Fsp3) is 0.267. The van der Waals surface area contributed by atoms with Gasteiger partial charge in [0.25, 0.3) is 5.56 Å². The highest BCUT2D eigenvalue weighted by Gasteiger charge is 2.49. The molecule has 0 aliphatic carbocycles. The van der Waals surface area contributed by atoms with Gasteiger partial charge in [-0.1, -0.05) is 0 Å².